The van der Waals surface area contributed by atoms with Gasteiger partial charge in [0, 0.05) is 31.7 Å². The largest absolute Gasteiger partial charge is 0.444 e. The third-order valence-corrected chi connectivity index (χ3v) is 5.55. The number of nitrogens with zero attached hydrogens (tertiary/aromatic N) is 2. The minimum absolute atomic E-state index is 0.175. The molecule has 2 heterocycles. The van der Waals surface area contributed by atoms with Crippen LogP contribution in [0.15, 0.2) is 35.3 Å². The molecule has 1 aromatic rings. The average molecular weight is 417 g/mol. The molecule has 3 rings (SSSR count). The van der Waals surface area contributed by atoms with Crippen molar-refractivity contribution in [1.82, 2.24) is 15.5 Å². The molecule has 2 aliphatic rings. The fourth-order valence-corrected chi connectivity index (χ4v) is 4.30. The summed E-state index contributed by atoms with van der Waals surface area (Å²) in [5.41, 5.74) is 0.715. The van der Waals surface area contributed by atoms with Crippen LogP contribution >= 0.6 is 0 Å². The summed E-state index contributed by atoms with van der Waals surface area (Å²) >= 11 is 0. The van der Waals surface area contributed by atoms with Crippen molar-refractivity contribution in [2.75, 3.05) is 20.2 Å². The Hall–Kier alpha value is -2.28. The average Bonchev–Trinajstić information content (AvgIpc) is 2.97. The van der Waals surface area contributed by atoms with Crippen LogP contribution in [0.3, 0.4) is 0 Å². The van der Waals surface area contributed by atoms with E-state index in [2.05, 4.69) is 27.8 Å². The lowest BCUT2D eigenvalue weighted by Gasteiger charge is -2.40. The van der Waals surface area contributed by atoms with Crippen molar-refractivity contribution in [3.05, 3.63) is 35.9 Å². The standard InChI is InChI=1S/C23H36N4O3/c1-23(2,3)30-22(28)27-19-10-11-20(27)15-18(14-19)26-21(24-4)25-12-13-29-16-17-8-6-5-7-9-17/h5-9,18-20H,10-16H2,1-4H3,(H2,24,25,26). The van der Waals surface area contributed by atoms with Crippen LogP contribution in [0.2, 0.25) is 0 Å². The van der Waals surface area contributed by atoms with Gasteiger partial charge in [-0.2, -0.15) is 0 Å². The predicted molar refractivity (Wildman–Crippen MR) is 119 cm³/mol. The maximum absolute atomic E-state index is 12.6. The van der Waals surface area contributed by atoms with Crippen molar-refractivity contribution >= 4 is 12.1 Å². The number of amides is 1. The number of carbonyl (C=O) groups excluding carboxylic acids is 1. The molecular weight excluding hydrogens is 380 g/mol. The Morgan fingerprint density at radius 2 is 1.83 bits per heavy atom. The van der Waals surface area contributed by atoms with Crippen molar-refractivity contribution in [3.8, 4) is 0 Å². The summed E-state index contributed by atoms with van der Waals surface area (Å²) in [4.78, 5) is 18.9. The van der Waals surface area contributed by atoms with Crippen LogP contribution in [-0.4, -0.2) is 60.9 Å². The number of guanidine groups is 1. The minimum atomic E-state index is -0.458. The molecule has 1 aromatic carbocycles. The van der Waals surface area contributed by atoms with E-state index >= 15 is 0 Å². The lowest BCUT2D eigenvalue weighted by atomic mass is 9.98. The molecule has 7 nitrogen and oxygen atoms in total. The summed E-state index contributed by atoms with van der Waals surface area (Å²) < 4.78 is 11.3. The van der Waals surface area contributed by atoms with Crippen LogP contribution in [-0.2, 0) is 16.1 Å². The molecule has 2 bridgehead atoms. The lowest BCUT2D eigenvalue weighted by Crippen LogP contribution is -2.55. The van der Waals surface area contributed by atoms with Gasteiger partial charge in [-0.1, -0.05) is 30.3 Å². The fraction of sp³-hybridized carbons (Fsp3) is 0.652. The van der Waals surface area contributed by atoms with Crippen molar-refractivity contribution < 1.29 is 14.3 Å². The van der Waals surface area contributed by atoms with Gasteiger partial charge in [0.15, 0.2) is 5.96 Å². The van der Waals surface area contributed by atoms with Crippen molar-refractivity contribution in [2.45, 2.75) is 76.8 Å². The second-order valence-corrected chi connectivity index (χ2v) is 9.12. The molecule has 0 aliphatic carbocycles. The van der Waals surface area contributed by atoms with Gasteiger partial charge in [0.25, 0.3) is 0 Å². The summed E-state index contributed by atoms with van der Waals surface area (Å²) in [5.74, 6) is 0.786. The number of benzene rings is 1. The summed E-state index contributed by atoms with van der Waals surface area (Å²) in [7, 11) is 1.78. The molecule has 2 unspecified atom stereocenters. The molecule has 30 heavy (non-hydrogen) atoms. The Bertz CT molecular complexity index is 703. The molecule has 2 aliphatic heterocycles. The molecule has 1 amide bonds. The van der Waals surface area contributed by atoms with Crippen molar-refractivity contribution in [2.24, 2.45) is 4.99 Å². The summed E-state index contributed by atoms with van der Waals surface area (Å²) in [6, 6.07) is 10.9. The van der Waals surface area contributed by atoms with Gasteiger partial charge in [-0.25, -0.2) is 4.79 Å². The van der Waals surface area contributed by atoms with E-state index in [4.69, 9.17) is 9.47 Å². The van der Waals surface area contributed by atoms with E-state index in [0.717, 1.165) is 31.6 Å². The summed E-state index contributed by atoms with van der Waals surface area (Å²) in [6.45, 7) is 7.66. The number of hydrogen-bond acceptors (Lipinski definition) is 4. The monoisotopic (exact) mass is 416 g/mol. The molecule has 166 valence electrons. The third kappa shape index (κ3) is 6.36. The molecule has 0 aromatic heterocycles. The second-order valence-electron chi connectivity index (χ2n) is 9.12. The zero-order valence-electron chi connectivity index (χ0n) is 18.7. The molecule has 0 saturated carbocycles. The van der Waals surface area contributed by atoms with Gasteiger partial charge in [-0.15, -0.1) is 0 Å². The first kappa shape index (κ1) is 22.4. The fourth-order valence-electron chi connectivity index (χ4n) is 4.30. The van der Waals surface area contributed by atoms with Crippen molar-refractivity contribution in [3.63, 3.8) is 0 Å². The summed E-state index contributed by atoms with van der Waals surface area (Å²) in [5, 5.41) is 6.85. The highest BCUT2D eigenvalue weighted by Crippen LogP contribution is 2.36. The number of rotatable bonds is 6. The highest BCUT2D eigenvalue weighted by Gasteiger charge is 2.45. The predicted octanol–water partition coefficient (Wildman–Crippen LogP) is 3.30. The Kier molecular flexibility index (Phi) is 7.58. The van der Waals surface area contributed by atoms with E-state index < -0.39 is 5.60 Å². The Morgan fingerprint density at radius 3 is 2.43 bits per heavy atom. The number of hydrogen-bond donors (Lipinski definition) is 2. The summed E-state index contributed by atoms with van der Waals surface area (Å²) in [6.07, 6.45) is 3.75. The zero-order chi connectivity index (χ0) is 21.6. The molecule has 7 heteroatoms. The number of carbonyl (C=O) groups is 1. The van der Waals surface area contributed by atoms with Crippen LogP contribution in [0.4, 0.5) is 4.79 Å². The Balaban J connectivity index is 1.40. The molecule has 2 N–H and O–H groups in total. The normalized spacial score (nSPS) is 23.9. The van der Waals surface area contributed by atoms with E-state index in [1.165, 1.54) is 5.56 Å². The first-order chi connectivity index (χ1) is 14.4. The Morgan fingerprint density at radius 1 is 1.17 bits per heavy atom. The van der Waals surface area contributed by atoms with Gasteiger partial charge in [-0.05, 0) is 52.0 Å². The zero-order valence-corrected chi connectivity index (χ0v) is 18.7. The molecule has 2 saturated heterocycles. The van der Waals surface area contributed by atoms with Crippen LogP contribution in [0, 0.1) is 0 Å². The SMILES string of the molecule is CN=C(NCCOCc1ccccc1)NC1CC2CCC(C1)N2C(=O)OC(C)(C)C. The van der Waals surface area contributed by atoms with Crippen LogP contribution in [0.5, 0.6) is 0 Å². The number of ether oxygens (including phenoxy) is 2. The quantitative estimate of drug-likeness (QED) is 0.423. The number of aliphatic imine (C=N–C) groups is 1. The van der Waals surface area contributed by atoms with Gasteiger partial charge in [0.1, 0.15) is 5.60 Å². The maximum Gasteiger partial charge on any atom is 0.410 e. The van der Waals surface area contributed by atoms with E-state index in [9.17, 15) is 4.79 Å². The Labute approximate surface area is 180 Å². The number of piperidine rings is 1. The van der Waals surface area contributed by atoms with Gasteiger partial charge >= 0.3 is 6.09 Å². The van der Waals surface area contributed by atoms with E-state index in [-0.39, 0.29) is 18.2 Å². The van der Waals surface area contributed by atoms with Crippen LogP contribution in [0.25, 0.3) is 0 Å². The second kappa shape index (κ2) is 10.2. The number of nitrogens with one attached hydrogen (secondary N) is 2. The smallest absolute Gasteiger partial charge is 0.410 e. The van der Waals surface area contributed by atoms with Gasteiger partial charge < -0.3 is 25.0 Å². The molecule has 2 fully saturated rings. The molecule has 2 atom stereocenters. The van der Waals surface area contributed by atoms with Crippen molar-refractivity contribution in [1.29, 1.82) is 0 Å². The van der Waals surface area contributed by atoms with Crippen LogP contribution < -0.4 is 10.6 Å². The maximum atomic E-state index is 12.6. The van der Waals surface area contributed by atoms with E-state index in [1.807, 2.05) is 43.9 Å². The topological polar surface area (TPSA) is 75.2 Å². The van der Waals surface area contributed by atoms with E-state index in [0.29, 0.717) is 25.8 Å². The third-order valence-electron chi connectivity index (χ3n) is 5.55. The molecular formula is C23H36N4O3. The first-order valence-electron chi connectivity index (χ1n) is 11.0. The number of fused-ring (bicyclic) bond motifs is 2. The lowest BCUT2D eigenvalue weighted by molar-refractivity contribution is 0.00544. The van der Waals surface area contributed by atoms with Crippen LogP contribution in [0.1, 0.15) is 52.0 Å². The van der Waals surface area contributed by atoms with Gasteiger partial charge in [0.05, 0.1) is 13.2 Å². The highest BCUT2D eigenvalue weighted by molar-refractivity contribution is 5.80. The first-order valence-corrected chi connectivity index (χ1v) is 11.0. The highest BCUT2D eigenvalue weighted by atomic mass is 16.6. The molecule has 0 spiro atoms. The van der Waals surface area contributed by atoms with E-state index in [1.54, 1.807) is 7.05 Å². The molecule has 0 radical (unpaired) electrons. The van der Waals surface area contributed by atoms with Gasteiger partial charge in [-0.3, -0.25) is 4.99 Å². The minimum Gasteiger partial charge on any atom is -0.444 e. The van der Waals surface area contributed by atoms with Gasteiger partial charge in [0.2, 0.25) is 0 Å².